The number of carboxylic acid groups (broad SMARTS) is 1. The van der Waals surface area contributed by atoms with Gasteiger partial charge in [0.1, 0.15) is 5.75 Å². The number of hydrogen-bond donors (Lipinski definition) is 2. The molecule has 0 fully saturated rings. The fourth-order valence-electron chi connectivity index (χ4n) is 2.79. The quantitative estimate of drug-likeness (QED) is 0.307. The van der Waals surface area contributed by atoms with Crippen LogP contribution in [0.25, 0.3) is 0 Å². The molecule has 0 atom stereocenters. The van der Waals surface area contributed by atoms with Crippen LogP contribution in [-0.2, 0) is 20.8 Å². The van der Waals surface area contributed by atoms with Crippen LogP contribution in [0.2, 0.25) is 5.02 Å². The number of alkyl halides is 3. The normalized spacial score (nSPS) is 12.0. The molecule has 0 amide bonds. The molecule has 0 unspecified atom stereocenters. The number of aryl methyl sites for hydroxylation is 1. The molecule has 6 nitrogen and oxygen atoms in total. The minimum Gasteiger partial charge on any atom is -0.482 e. The summed E-state index contributed by atoms with van der Waals surface area (Å²) in [6.07, 6.45) is -4.44. The van der Waals surface area contributed by atoms with Crippen LogP contribution in [0.1, 0.15) is 17.5 Å². The lowest BCUT2D eigenvalue weighted by Gasteiger charge is -2.11. The van der Waals surface area contributed by atoms with Crippen molar-refractivity contribution < 1.29 is 36.2 Å². The van der Waals surface area contributed by atoms with Crippen molar-refractivity contribution in [3.63, 3.8) is 0 Å². The molecule has 33 heavy (non-hydrogen) atoms. The summed E-state index contributed by atoms with van der Waals surface area (Å²) in [4.78, 5) is 11.0. The molecule has 0 saturated carbocycles. The molecule has 2 N–H and O–H groups in total. The molecule has 0 aliphatic rings. The molecule has 12 heteroatoms. The Labute approximate surface area is 199 Å². The standard InChI is InChI=1S/C21H23ClF3NO5S2/c1-14-11-16(4-6-18(14)31-13-20(27)28)32-9-8-26-7-2-10-33(29,30)19-12-15(21(23,24)25)3-5-17(19)22/h3-6,11-12,26H,2,7-10,13H2,1H3,(H,27,28). The lowest BCUT2D eigenvalue weighted by atomic mass is 10.2. The molecule has 2 aromatic rings. The van der Waals surface area contributed by atoms with Gasteiger partial charge in [-0.3, -0.25) is 0 Å². The van der Waals surface area contributed by atoms with Gasteiger partial charge in [-0.2, -0.15) is 13.2 Å². The Bertz CT molecular complexity index is 1080. The van der Waals surface area contributed by atoms with Crippen LogP contribution in [0.4, 0.5) is 13.2 Å². The van der Waals surface area contributed by atoms with Gasteiger partial charge in [0.2, 0.25) is 0 Å². The second kappa shape index (κ2) is 12.0. The van der Waals surface area contributed by atoms with Gasteiger partial charge in [-0.05, 0) is 61.9 Å². The maximum atomic E-state index is 12.9. The van der Waals surface area contributed by atoms with Gasteiger partial charge in [-0.15, -0.1) is 11.8 Å². The van der Waals surface area contributed by atoms with E-state index in [1.807, 2.05) is 19.1 Å². The van der Waals surface area contributed by atoms with E-state index in [-0.39, 0.29) is 17.2 Å². The summed E-state index contributed by atoms with van der Waals surface area (Å²) in [6, 6.07) is 7.67. The number of thioether (sulfide) groups is 1. The first kappa shape index (κ1) is 27.3. The van der Waals surface area contributed by atoms with Crippen LogP contribution in [-0.4, -0.2) is 50.7 Å². The Hall–Kier alpha value is -1.95. The molecule has 0 saturated heterocycles. The third-order valence-electron chi connectivity index (χ3n) is 4.41. The van der Waals surface area contributed by atoms with E-state index in [1.54, 1.807) is 17.8 Å². The maximum absolute atomic E-state index is 12.9. The number of sulfone groups is 1. The highest BCUT2D eigenvalue weighted by Crippen LogP contribution is 2.33. The summed E-state index contributed by atoms with van der Waals surface area (Å²) in [6.45, 7) is 2.37. The first-order chi connectivity index (χ1) is 15.4. The third-order valence-corrected chi connectivity index (χ3v) is 7.68. The Balaban J connectivity index is 1.76. The van der Waals surface area contributed by atoms with Crippen molar-refractivity contribution in [3.05, 3.63) is 52.5 Å². The number of halogens is 4. The zero-order valence-corrected chi connectivity index (χ0v) is 20.0. The number of carboxylic acids is 1. The van der Waals surface area contributed by atoms with Gasteiger partial charge in [-0.25, -0.2) is 13.2 Å². The number of ether oxygens (including phenoxy) is 1. The fourth-order valence-corrected chi connectivity index (χ4v) is 5.59. The summed E-state index contributed by atoms with van der Waals surface area (Å²) in [7, 11) is -3.95. The SMILES string of the molecule is Cc1cc(SCCNCCCS(=O)(=O)c2cc(C(F)(F)F)ccc2Cl)ccc1OCC(=O)O. The smallest absolute Gasteiger partial charge is 0.416 e. The van der Waals surface area contributed by atoms with Crippen LogP contribution >= 0.6 is 23.4 Å². The molecular weight excluding hydrogens is 503 g/mol. The summed E-state index contributed by atoms with van der Waals surface area (Å²) in [5.74, 6) is -0.182. The molecule has 2 rings (SSSR count). The molecule has 0 aliphatic carbocycles. The second-order valence-corrected chi connectivity index (χ2v) is 10.7. The minimum absolute atomic E-state index is 0.217. The van der Waals surface area contributed by atoms with Gasteiger partial charge in [0, 0.05) is 17.2 Å². The molecule has 0 radical (unpaired) electrons. The Morgan fingerprint density at radius 3 is 2.55 bits per heavy atom. The Kier molecular flexibility index (Phi) is 9.89. The van der Waals surface area contributed by atoms with E-state index < -0.39 is 39.0 Å². The van der Waals surface area contributed by atoms with E-state index in [1.165, 1.54) is 0 Å². The summed E-state index contributed by atoms with van der Waals surface area (Å²) in [5.41, 5.74) is -0.245. The number of benzene rings is 2. The molecule has 0 bridgehead atoms. The Morgan fingerprint density at radius 2 is 1.91 bits per heavy atom. The minimum atomic E-state index is -4.65. The Morgan fingerprint density at radius 1 is 1.18 bits per heavy atom. The van der Waals surface area contributed by atoms with Crippen molar-refractivity contribution in [1.82, 2.24) is 5.32 Å². The van der Waals surface area contributed by atoms with Crippen molar-refractivity contribution >= 4 is 39.2 Å². The zero-order chi connectivity index (χ0) is 24.6. The highest BCUT2D eigenvalue weighted by atomic mass is 35.5. The monoisotopic (exact) mass is 525 g/mol. The number of rotatable bonds is 12. The topological polar surface area (TPSA) is 92.7 Å². The van der Waals surface area contributed by atoms with Crippen molar-refractivity contribution in [2.75, 3.05) is 31.2 Å². The second-order valence-electron chi connectivity index (χ2n) is 7.02. The average molecular weight is 526 g/mol. The van der Waals surface area contributed by atoms with Crippen molar-refractivity contribution in [3.8, 4) is 5.75 Å². The van der Waals surface area contributed by atoms with Crippen LogP contribution in [0.3, 0.4) is 0 Å². The predicted octanol–water partition coefficient (Wildman–Crippen LogP) is 4.68. The van der Waals surface area contributed by atoms with Crippen LogP contribution in [0.15, 0.2) is 46.2 Å². The van der Waals surface area contributed by atoms with Gasteiger partial charge in [0.25, 0.3) is 0 Å². The largest absolute Gasteiger partial charge is 0.482 e. The first-order valence-corrected chi connectivity index (χ1v) is 12.8. The van der Waals surface area contributed by atoms with E-state index >= 15 is 0 Å². The molecule has 0 aliphatic heterocycles. The van der Waals surface area contributed by atoms with Gasteiger partial charge < -0.3 is 15.2 Å². The lowest BCUT2D eigenvalue weighted by Crippen LogP contribution is -2.21. The number of hydrogen-bond acceptors (Lipinski definition) is 6. The zero-order valence-electron chi connectivity index (χ0n) is 17.6. The summed E-state index contributed by atoms with van der Waals surface area (Å²) >= 11 is 7.38. The molecule has 182 valence electrons. The molecular formula is C21H23ClF3NO5S2. The lowest BCUT2D eigenvalue weighted by molar-refractivity contribution is -0.139. The van der Waals surface area contributed by atoms with Crippen LogP contribution < -0.4 is 10.1 Å². The fraction of sp³-hybridized carbons (Fsp3) is 0.381. The summed E-state index contributed by atoms with van der Waals surface area (Å²) < 4.78 is 68.6. The van der Waals surface area contributed by atoms with E-state index in [4.69, 9.17) is 21.4 Å². The highest BCUT2D eigenvalue weighted by Gasteiger charge is 2.32. The van der Waals surface area contributed by atoms with Crippen molar-refractivity contribution in [2.45, 2.75) is 29.3 Å². The van der Waals surface area contributed by atoms with Gasteiger partial charge in [0.15, 0.2) is 16.4 Å². The highest BCUT2D eigenvalue weighted by molar-refractivity contribution is 7.99. The van der Waals surface area contributed by atoms with Crippen molar-refractivity contribution in [2.24, 2.45) is 0 Å². The van der Waals surface area contributed by atoms with Crippen LogP contribution in [0.5, 0.6) is 5.75 Å². The third kappa shape index (κ3) is 8.73. The first-order valence-electron chi connectivity index (χ1n) is 9.78. The van der Waals surface area contributed by atoms with Gasteiger partial charge >= 0.3 is 12.1 Å². The molecule has 0 heterocycles. The summed E-state index contributed by atoms with van der Waals surface area (Å²) in [5, 5.41) is 11.5. The van der Waals surface area contributed by atoms with E-state index in [0.717, 1.165) is 22.6 Å². The van der Waals surface area contributed by atoms with Crippen LogP contribution in [0, 0.1) is 6.92 Å². The van der Waals surface area contributed by atoms with Crippen molar-refractivity contribution in [1.29, 1.82) is 0 Å². The number of nitrogens with one attached hydrogen (secondary N) is 1. The van der Waals surface area contributed by atoms with Gasteiger partial charge in [-0.1, -0.05) is 11.6 Å². The molecule has 0 aromatic heterocycles. The van der Waals surface area contributed by atoms with E-state index in [2.05, 4.69) is 5.32 Å². The van der Waals surface area contributed by atoms with E-state index in [9.17, 15) is 26.4 Å². The number of aliphatic carboxylic acids is 1. The predicted molar refractivity (Wildman–Crippen MR) is 121 cm³/mol. The molecule has 2 aromatic carbocycles. The average Bonchev–Trinajstić information content (AvgIpc) is 2.71. The molecule has 0 spiro atoms. The number of carbonyl (C=O) groups is 1. The maximum Gasteiger partial charge on any atom is 0.416 e. The van der Waals surface area contributed by atoms with E-state index in [0.29, 0.717) is 30.7 Å². The van der Waals surface area contributed by atoms with Gasteiger partial charge in [0.05, 0.1) is 21.2 Å².